The Kier molecular flexibility index (Phi) is 9.77. The summed E-state index contributed by atoms with van der Waals surface area (Å²) in [5.74, 6) is 1.90. The highest BCUT2D eigenvalue weighted by atomic mass is 32.3. The van der Waals surface area contributed by atoms with Crippen LogP contribution in [0.4, 0.5) is 0 Å². The van der Waals surface area contributed by atoms with Crippen molar-refractivity contribution < 1.29 is 28.5 Å². The zero-order valence-corrected chi connectivity index (χ0v) is 34.3. The third-order valence-electron chi connectivity index (χ3n) is 17.0. The Morgan fingerprint density at radius 2 is 1.67 bits per heavy atom. The lowest BCUT2D eigenvalue weighted by Gasteiger charge is -2.73. The van der Waals surface area contributed by atoms with E-state index in [0.717, 1.165) is 38.9 Å². The minimum absolute atomic E-state index is 0.131. The summed E-state index contributed by atoms with van der Waals surface area (Å²) in [4.78, 5) is 27.2. The average molecular weight is 733 g/mol. The predicted molar refractivity (Wildman–Crippen MR) is 209 cm³/mol. The minimum atomic E-state index is -3.29. The van der Waals surface area contributed by atoms with Crippen molar-refractivity contribution >= 4 is 26.6 Å². The summed E-state index contributed by atoms with van der Waals surface area (Å²) in [7, 11) is -3.29. The molecule has 5 fully saturated rings. The summed E-state index contributed by atoms with van der Waals surface area (Å²) < 4.78 is 27.4. The van der Waals surface area contributed by atoms with Crippen LogP contribution in [0.15, 0.2) is 12.2 Å². The van der Waals surface area contributed by atoms with Crippen LogP contribution in [-0.4, -0.2) is 86.2 Å². The Balaban J connectivity index is 1.21. The first-order valence-electron chi connectivity index (χ1n) is 20.2. The number of ether oxygens (including phenoxy) is 1. The van der Waals surface area contributed by atoms with E-state index in [1.165, 1.54) is 50.5 Å². The summed E-state index contributed by atoms with van der Waals surface area (Å²) in [6.45, 7) is 26.0. The van der Waals surface area contributed by atoms with Gasteiger partial charge in [0.2, 0.25) is 0 Å². The van der Waals surface area contributed by atoms with E-state index >= 15 is 0 Å². The highest BCUT2D eigenvalue weighted by Gasteiger charge is 2.71. The van der Waals surface area contributed by atoms with Gasteiger partial charge in [-0.1, -0.05) is 46.8 Å². The first-order chi connectivity index (χ1) is 23.4. The van der Waals surface area contributed by atoms with Crippen LogP contribution < -0.4 is 5.32 Å². The molecule has 5 aliphatic carbocycles. The Labute approximate surface area is 309 Å². The maximum atomic E-state index is 13.3. The Morgan fingerprint density at radius 3 is 2.29 bits per heavy atom. The van der Waals surface area contributed by atoms with E-state index in [2.05, 4.69) is 58.3 Å². The number of allylic oxidation sites excluding steroid dienone is 1. The van der Waals surface area contributed by atoms with Crippen LogP contribution in [0.3, 0.4) is 0 Å². The van der Waals surface area contributed by atoms with Gasteiger partial charge in [0.25, 0.3) is 0 Å². The fourth-order valence-corrected chi connectivity index (χ4v) is 15.3. The molecule has 9 heteroatoms. The summed E-state index contributed by atoms with van der Waals surface area (Å²) in [6.07, 6.45) is 12.8. The van der Waals surface area contributed by atoms with E-state index in [-0.39, 0.29) is 45.7 Å². The number of hydrogen-bond donors (Lipinski definition) is 4. The molecule has 51 heavy (non-hydrogen) atoms. The van der Waals surface area contributed by atoms with E-state index in [0.29, 0.717) is 41.9 Å². The van der Waals surface area contributed by atoms with Gasteiger partial charge < -0.3 is 24.3 Å². The minimum Gasteiger partial charge on any atom is -0.481 e. The zero-order valence-electron chi connectivity index (χ0n) is 33.5. The van der Waals surface area contributed by atoms with Crippen molar-refractivity contribution in [3.8, 4) is 0 Å². The summed E-state index contributed by atoms with van der Waals surface area (Å²) in [5, 5.41) is 15.4. The number of hydrogen-bond acceptors (Lipinski definition) is 7. The molecule has 0 spiro atoms. The Hall–Kier alpha value is -1.26. The number of nitrogens with zero attached hydrogens (tertiary/aromatic N) is 1. The molecule has 10 atom stereocenters. The van der Waals surface area contributed by atoms with E-state index in [1.807, 2.05) is 0 Å². The SMILES string of the molecule is C=C(C)[C@@H]1CC[C@]2(NCCN3CC=S(C)(O)(O)CC3)CC[C@]3(C)[C@H](CC[C@@H]4[C@@]5(C)CC[C@H](OC(=O)C(C)(C)CC(=O)O)C(C)(C)[C@@H]5CC[C@]43C)[C@@H]12. The van der Waals surface area contributed by atoms with Crippen molar-refractivity contribution in [3.05, 3.63) is 12.2 Å². The number of aliphatic carboxylic acids is 1. The van der Waals surface area contributed by atoms with Crippen LogP contribution in [0.1, 0.15) is 126 Å². The lowest BCUT2D eigenvalue weighted by molar-refractivity contribution is -0.247. The largest absolute Gasteiger partial charge is 0.481 e. The molecule has 0 radical (unpaired) electrons. The van der Waals surface area contributed by atoms with E-state index < -0.39 is 20.7 Å². The third-order valence-corrected chi connectivity index (χ3v) is 19.2. The van der Waals surface area contributed by atoms with E-state index in [9.17, 15) is 23.8 Å². The Bertz CT molecular complexity index is 1490. The van der Waals surface area contributed by atoms with Crippen molar-refractivity contribution in [2.24, 2.45) is 56.7 Å². The lowest BCUT2D eigenvalue weighted by atomic mass is 9.32. The van der Waals surface area contributed by atoms with Gasteiger partial charge in [-0.15, -0.1) is 0 Å². The number of rotatable bonds is 9. The molecule has 0 saturated heterocycles. The average Bonchev–Trinajstić information content (AvgIpc) is 3.39. The fourth-order valence-electron chi connectivity index (χ4n) is 13.9. The molecule has 0 unspecified atom stereocenters. The first kappa shape index (κ1) is 39.4. The van der Waals surface area contributed by atoms with E-state index in [4.69, 9.17) is 4.74 Å². The van der Waals surface area contributed by atoms with Gasteiger partial charge in [-0.25, -0.2) is 9.31 Å². The maximum absolute atomic E-state index is 13.3. The number of carbonyl (C=O) groups is 2. The monoisotopic (exact) mass is 733 g/mol. The summed E-state index contributed by atoms with van der Waals surface area (Å²) >= 11 is 0. The Morgan fingerprint density at radius 1 is 0.961 bits per heavy atom. The highest BCUT2D eigenvalue weighted by Crippen LogP contribution is 2.76. The van der Waals surface area contributed by atoms with Crippen LogP contribution in [0.2, 0.25) is 0 Å². The second-order valence-corrected chi connectivity index (χ2v) is 24.7. The van der Waals surface area contributed by atoms with Gasteiger partial charge in [0.05, 0.1) is 11.8 Å². The number of fused-ring (bicyclic) bond motifs is 7. The number of esters is 1. The number of carbonyl (C=O) groups excluding carboxylic acids is 1. The molecule has 0 aromatic carbocycles. The molecule has 1 heterocycles. The van der Waals surface area contributed by atoms with Crippen LogP contribution in [0, 0.1) is 56.7 Å². The molecule has 6 rings (SSSR count). The molecule has 0 aromatic rings. The third kappa shape index (κ3) is 6.53. The summed E-state index contributed by atoms with van der Waals surface area (Å²) in [6, 6.07) is 0. The standard InChI is InChI=1S/C42H72N2O6S/c1-28(2)29-13-18-42(43-21-22-44-23-25-51(10,48,49)26-24-44)20-19-40(8)30(35(29)42)11-12-32-39(7)16-15-33(50-36(47)37(3,4)27-34(45)46)38(5,6)31(39)14-17-41(32,40)9/h25,29-33,35,43,48-49H,1,11-24,26-27H2,2-10H3,(H,45,46)/t29-,30+,31-,32+,33-,35+,39-,40+,41+,42-/m0/s1. The van der Waals surface area contributed by atoms with Gasteiger partial charge in [0, 0.05) is 49.1 Å². The van der Waals surface area contributed by atoms with Gasteiger partial charge >= 0.3 is 11.9 Å². The lowest BCUT2D eigenvalue weighted by Crippen LogP contribution is -2.69. The van der Waals surface area contributed by atoms with Crippen LogP contribution in [0.5, 0.6) is 0 Å². The predicted octanol–water partition coefficient (Wildman–Crippen LogP) is 8.43. The van der Waals surface area contributed by atoms with Crippen LogP contribution in [0.25, 0.3) is 0 Å². The normalized spacial score (nSPS) is 45.0. The summed E-state index contributed by atoms with van der Waals surface area (Å²) in [5.41, 5.74) is 0.859. The molecule has 0 aromatic heterocycles. The topological polar surface area (TPSA) is 119 Å². The first-order valence-corrected chi connectivity index (χ1v) is 22.8. The molecular formula is C42H72N2O6S. The van der Waals surface area contributed by atoms with Crippen molar-refractivity contribution in [1.29, 1.82) is 0 Å². The smallest absolute Gasteiger partial charge is 0.312 e. The molecule has 292 valence electrons. The molecule has 4 N–H and O–H groups in total. The second-order valence-electron chi connectivity index (χ2n) is 20.8. The molecule has 1 aliphatic heterocycles. The molecular weight excluding hydrogens is 661 g/mol. The zero-order chi connectivity index (χ0) is 37.7. The van der Waals surface area contributed by atoms with Crippen molar-refractivity contribution in [3.63, 3.8) is 0 Å². The van der Waals surface area contributed by atoms with Gasteiger partial charge in [0.1, 0.15) is 6.10 Å². The molecule has 8 nitrogen and oxygen atoms in total. The number of nitrogens with one attached hydrogen (secondary N) is 1. The van der Waals surface area contributed by atoms with Gasteiger partial charge in [-0.3, -0.25) is 14.5 Å². The van der Waals surface area contributed by atoms with Crippen LogP contribution in [-0.2, 0) is 14.3 Å². The molecule has 0 amide bonds. The fraction of sp³-hybridized carbons (Fsp3) is 0.881. The second kappa shape index (κ2) is 12.6. The van der Waals surface area contributed by atoms with Gasteiger partial charge in [-0.2, -0.15) is 0 Å². The van der Waals surface area contributed by atoms with Crippen molar-refractivity contribution in [1.82, 2.24) is 10.2 Å². The highest BCUT2D eigenvalue weighted by molar-refractivity contribution is 8.38. The van der Waals surface area contributed by atoms with E-state index in [1.54, 1.807) is 25.5 Å². The molecule has 6 aliphatic rings. The van der Waals surface area contributed by atoms with Crippen LogP contribution >= 0.6 is 9.31 Å². The number of carboxylic acids is 1. The maximum Gasteiger partial charge on any atom is 0.312 e. The molecule has 5 saturated carbocycles. The quantitative estimate of drug-likeness (QED) is 0.106. The number of carboxylic acid groups (broad SMARTS) is 1. The van der Waals surface area contributed by atoms with Gasteiger partial charge in [-0.05, 0) is 136 Å². The molecule has 0 bridgehead atoms. The van der Waals surface area contributed by atoms with Crippen molar-refractivity contribution in [2.75, 3.05) is 38.2 Å². The van der Waals surface area contributed by atoms with Crippen molar-refractivity contribution in [2.45, 2.75) is 138 Å². The van der Waals surface area contributed by atoms with Gasteiger partial charge in [0.15, 0.2) is 0 Å².